The number of quaternary nitrogens is 1. The summed E-state index contributed by atoms with van der Waals surface area (Å²) in [6.45, 7) is 3.75. The predicted molar refractivity (Wildman–Crippen MR) is 63.4 cm³/mol. The van der Waals surface area contributed by atoms with Gasteiger partial charge >= 0.3 is 0 Å². The van der Waals surface area contributed by atoms with Crippen LogP contribution in [0.2, 0.25) is 0 Å². The number of nitrogens with one attached hydrogen (secondary N) is 1. The van der Waals surface area contributed by atoms with E-state index in [1.54, 1.807) is 0 Å². The van der Waals surface area contributed by atoms with Crippen LogP contribution < -0.4 is 10.6 Å². The Balaban J connectivity index is 1.97. The van der Waals surface area contributed by atoms with Gasteiger partial charge in [0.15, 0.2) is 6.04 Å². The van der Waals surface area contributed by atoms with Crippen molar-refractivity contribution in [1.82, 2.24) is 4.90 Å². The Kier molecular flexibility index (Phi) is 3.65. The average molecular weight is 254 g/mol. The molecule has 6 nitrogen and oxygen atoms in total. The second kappa shape index (κ2) is 5.06. The number of likely N-dealkylation sites (tertiary alicyclic amines) is 2. The van der Waals surface area contributed by atoms with E-state index in [0.29, 0.717) is 13.0 Å². The van der Waals surface area contributed by atoms with E-state index in [-0.39, 0.29) is 29.7 Å². The quantitative estimate of drug-likeness (QED) is 0.567. The number of nitrogens with zero attached hydrogens (tertiary/aromatic N) is 1. The van der Waals surface area contributed by atoms with Gasteiger partial charge in [-0.1, -0.05) is 0 Å². The average Bonchev–Trinajstić information content (AvgIpc) is 2.64. The van der Waals surface area contributed by atoms with Crippen molar-refractivity contribution in [2.45, 2.75) is 32.2 Å². The molecule has 2 saturated heterocycles. The Morgan fingerprint density at radius 2 is 2.00 bits per heavy atom. The Bertz CT molecular complexity index is 375. The fourth-order valence-corrected chi connectivity index (χ4v) is 2.96. The summed E-state index contributed by atoms with van der Waals surface area (Å²) in [5.74, 6) is -0.451. The van der Waals surface area contributed by atoms with Gasteiger partial charge in [0.25, 0.3) is 5.91 Å². The van der Waals surface area contributed by atoms with Crippen molar-refractivity contribution < 1.29 is 19.3 Å². The summed E-state index contributed by atoms with van der Waals surface area (Å²) < 4.78 is 0. The molecular weight excluding hydrogens is 234 g/mol. The largest absolute Gasteiger partial charge is 0.369 e. The number of hydrogen-bond donors (Lipinski definition) is 2. The lowest BCUT2D eigenvalue weighted by atomic mass is 9.95. The summed E-state index contributed by atoms with van der Waals surface area (Å²) in [6, 6.07) is -0.244. The van der Waals surface area contributed by atoms with Gasteiger partial charge in [0.2, 0.25) is 11.8 Å². The number of rotatable bonds is 3. The summed E-state index contributed by atoms with van der Waals surface area (Å²) in [6.07, 6.45) is 1.74. The molecule has 2 aliphatic rings. The second-order valence-electron chi connectivity index (χ2n) is 5.07. The number of hydrogen-bond acceptors (Lipinski definition) is 3. The van der Waals surface area contributed by atoms with Crippen LogP contribution in [0.5, 0.6) is 0 Å². The molecule has 0 radical (unpaired) electrons. The molecule has 1 atom stereocenters. The Morgan fingerprint density at radius 3 is 2.44 bits per heavy atom. The van der Waals surface area contributed by atoms with E-state index in [0.717, 1.165) is 30.8 Å². The molecule has 100 valence electrons. The van der Waals surface area contributed by atoms with E-state index in [1.807, 2.05) is 6.92 Å². The Hall–Kier alpha value is -1.43. The SMILES string of the molecule is CCN1C(=O)C[C@@H]([NH+]2CCC(C(N)=O)CC2)C1=O. The highest BCUT2D eigenvalue weighted by atomic mass is 16.2. The normalized spacial score (nSPS) is 32.9. The van der Waals surface area contributed by atoms with Crippen LogP contribution in [0, 0.1) is 5.92 Å². The lowest BCUT2D eigenvalue weighted by Gasteiger charge is -2.30. The van der Waals surface area contributed by atoms with E-state index in [1.165, 1.54) is 4.90 Å². The van der Waals surface area contributed by atoms with Gasteiger partial charge < -0.3 is 10.6 Å². The highest BCUT2D eigenvalue weighted by molar-refractivity contribution is 6.04. The first-order valence-corrected chi connectivity index (χ1v) is 6.52. The van der Waals surface area contributed by atoms with E-state index in [9.17, 15) is 14.4 Å². The topological polar surface area (TPSA) is 84.9 Å². The number of carbonyl (C=O) groups is 3. The number of carbonyl (C=O) groups excluding carboxylic acids is 3. The number of likely N-dealkylation sites (N-methyl/N-ethyl adjacent to an activating group) is 1. The molecule has 3 N–H and O–H groups in total. The van der Waals surface area contributed by atoms with Crippen LogP contribution in [0.25, 0.3) is 0 Å². The van der Waals surface area contributed by atoms with Gasteiger partial charge in [-0.15, -0.1) is 0 Å². The third kappa shape index (κ3) is 2.25. The minimum atomic E-state index is -0.252. The lowest BCUT2D eigenvalue weighted by Crippen LogP contribution is -3.17. The molecule has 6 heteroatoms. The van der Waals surface area contributed by atoms with Gasteiger partial charge in [0.1, 0.15) is 0 Å². The molecule has 18 heavy (non-hydrogen) atoms. The highest BCUT2D eigenvalue weighted by Gasteiger charge is 2.45. The highest BCUT2D eigenvalue weighted by Crippen LogP contribution is 2.13. The maximum Gasteiger partial charge on any atom is 0.287 e. The van der Waals surface area contributed by atoms with Crippen LogP contribution in [0.15, 0.2) is 0 Å². The molecule has 0 unspecified atom stereocenters. The van der Waals surface area contributed by atoms with Crippen molar-refractivity contribution in [3.63, 3.8) is 0 Å². The first-order valence-electron chi connectivity index (χ1n) is 6.52. The fraction of sp³-hybridized carbons (Fsp3) is 0.750. The van der Waals surface area contributed by atoms with Crippen molar-refractivity contribution in [2.75, 3.05) is 19.6 Å². The maximum absolute atomic E-state index is 12.1. The van der Waals surface area contributed by atoms with Gasteiger partial charge in [-0.3, -0.25) is 19.3 Å². The van der Waals surface area contributed by atoms with Crippen LogP contribution in [0.4, 0.5) is 0 Å². The second-order valence-corrected chi connectivity index (χ2v) is 5.07. The number of amides is 3. The van der Waals surface area contributed by atoms with Gasteiger partial charge in [-0.05, 0) is 6.92 Å². The van der Waals surface area contributed by atoms with E-state index in [2.05, 4.69) is 0 Å². The van der Waals surface area contributed by atoms with E-state index < -0.39 is 0 Å². The van der Waals surface area contributed by atoms with Crippen LogP contribution >= 0.6 is 0 Å². The zero-order valence-corrected chi connectivity index (χ0v) is 10.6. The van der Waals surface area contributed by atoms with Crippen LogP contribution in [-0.4, -0.2) is 48.3 Å². The molecular formula is C12H20N3O3+. The standard InChI is InChI=1S/C12H19N3O3/c1-2-15-10(16)7-9(12(15)18)14-5-3-8(4-6-14)11(13)17/h8-9H,2-7H2,1H3,(H2,13,17)/p+1/t9-/m1/s1. The van der Waals surface area contributed by atoms with Gasteiger partial charge in [-0.25, -0.2) is 0 Å². The monoisotopic (exact) mass is 254 g/mol. The van der Waals surface area contributed by atoms with Crippen LogP contribution in [0.3, 0.4) is 0 Å². The molecule has 2 rings (SSSR count). The molecule has 0 aromatic carbocycles. The summed E-state index contributed by atoms with van der Waals surface area (Å²) in [5.41, 5.74) is 5.28. The predicted octanol–water partition coefficient (Wildman–Crippen LogP) is -2.09. The van der Waals surface area contributed by atoms with E-state index in [4.69, 9.17) is 5.73 Å². The van der Waals surface area contributed by atoms with Crippen LogP contribution in [-0.2, 0) is 14.4 Å². The number of nitrogens with two attached hydrogens (primary N) is 1. The molecule has 2 heterocycles. The fourth-order valence-electron chi connectivity index (χ4n) is 2.96. The van der Waals surface area contributed by atoms with Crippen molar-refractivity contribution in [2.24, 2.45) is 11.7 Å². The molecule has 0 bridgehead atoms. The Labute approximate surface area is 106 Å². The first kappa shape index (κ1) is 13.0. The van der Waals surface area contributed by atoms with Crippen molar-refractivity contribution in [1.29, 1.82) is 0 Å². The zero-order valence-electron chi connectivity index (χ0n) is 10.6. The summed E-state index contributed by atoms with van der Waals surface area (Å²) in [5, 5.41) is 0. The molecule has 2 fully saturated rings. The summed E-state index contributed by atoms with van der Waals surface area (Å²) in [4.78, 5) is 37.3. The summed E-state index contributed by atoms with van der Waals surface area (Å²) >= 11 is 0. The number of primary amides is 1. The molecule has 0 saturated carbocycles. The minimum Gasteiger partial charge on any atom is -0.369 e. The third-order valence-corrected chi connectivity index (χ3v) is 4.08. The molecule has 0 aliphatic carbocycles. The molecule has 3 amide bonds. The van der Waals surface area contributed by atoms with Crippen molar-refractivity contribution in [3.05, 3.63) is 0 Å². The third-order valence-electron chi connectivity index (χ3n) is 4.08. The number of imide groups is 1. The van der Waals surface area contributed by atoms with Gasteiger partial charge in [0.05, 0.1) is 19.5 Å². The van der Waals surface area contributed by atoms with E-state index >= 15 is 0 Å². The maximum atomic E-state index is 12.1. The lowest BCUT2D eigenvalue weighted by molar-refractivity contribution is -0.920. The van der Waals surface area contributed by atoms with Crippen molar-refractivity contribution in [3.8, 4) is 0 Å². The minimum absolute atomic E-state index is 0.0602. The smallest absolute Gasteiger partial charge is 0.287 e. The Morgan fingerprint density at radius 1 is 1.39 bits per heavy atom. The zero-order chi connectivity index (χ0) is 13.3. The molecule has 0 aromatic heterocycles. The summed E-state index contributed by atoms with van der Waals surface area (Å²) in [7, 11) is 0. The molecule has 0 spiro atoms. The molecule has 0 aromatic rings. The van der Waals surface area contributed by atoms with Crippen molar-refractivity contribution >= 4 is 17.7 Å². The molecule has 2 aliphatic heterocycles. The number of piperidine rings is 1. The first-order chi connectivity index (χ1) is 8.54. The van der Waals surface area contributed by atoms with Gasteiger partial charge in [0, 0.05) is 25.3 Å². The van der Waals surface area contributed by atoms with Gasteiger partial charge in [-0.2, -0.15) is 0 Å². The van der Waals surface area contributed by atoms with Crippen LogP contribution in [0.1, 0.15) is 26.2 Å².